The summed E-state index contributed by atoms with van der Waals surface area (Å²) in [4.78, 5) is 16.3. The van der Waals surface area contributed by atoms with Crippen LogP contribution in [0, 0.1) is 6.92 Å². The van der Waals surface area contributed by atoms with Gasteiger partial charge in [0, 0.05) is 24.2 Å². The average Bonchev–Trinajstić information content (AvgIpc) is 2.64. The van der Waals surface area contributed by atoms with Gasteiger partial charge in [-0.3, -0.25) is 4.98 Å². The molecular weight excluding hydrogens is 316 g/mol. The molecule has 0 unspecified atom stereocenters. The first-order valence-corrected chi connectivity index (χ1v) is 8.03. The third kappa shape index (κ3) is 2.71. The lowest BCUT2D eigenvalue weighted by atomic mass is 10.1. The minimum atomic E-state index is -0.0939. The van der Waals surface area contributed by atoms with Crippen LogP contribution in [0.3, 0.4) is 0 Å². The fraction of sp³-hybridized carbons (Fsp3) is 0.158. The van der Waals surface area contributed by atoms with Crippen molar-refractivity contribution in [2.45, 2.75) is 13.5 Å². The molecule has 0 atom stereocenters. The molecule has 0 aliphatic rings. The number of H-pyrrole nitrogens is 1. The average molecular weight is 334 g/mol. The summed E-state index contributed by atoms with van der Waals surface area (Å²) in [5.74, 6) is 0.773. The van der Waals surface area contributed by atoms with Gasteiger partial charge in [-0.05, 0) is 42.8 Å². The highest BCUT2D eigenvalue weighted by Crippen LogP contribution is 2.23. The van der Waals surface area contributed by atoms with E-state index in [1.165, 1.54) is 9.36 Å². The first kappa shape index (κ1) is 15.3. The number of aromatic amines is 1. The van der Waals surface area contributed by atoms with E-state index in [1.807, 2.05) is 55.5 Å². The van der Waals surface area contributed by atoms with E-state index < -0.39 is 0 Å². The monoisotopic (exact) mass is 334 g/mol. The number of rotatable bonds is 4. The largest absolute Gasteiger partial charge is 0.489 e. The second-order valence-electron chi connectivity index (χ2n) is 6.00. The van der Waals surface area contributed by atoms with Crippen LogP contribution in [0.5, 0.6) is 5.75 Å². The molecule has 0 saturated carbocycles. The molecule has 0 spiro atoms. The summed E-state index contributed by atoms with van der Waals surface area (Å²) in [7, 11) is 1.69. The molecule has 6 heteroatoms. The summed E-state index contributed by atoms with van der Waals surface area (Å²) in [6, 6.07) is 15.6. The van der Waals surface area contributed by atoms with Crippen LogP contribution in [0.25, 0.3) is 16.6 Å². The second kappa shape index (κ2) is 5.98. The fourth-order valence-electron chi connectivity index (χ4n) is 2.88. The van der Waals surface area contributed by atoms with E-state index in [4.69, 9.17) is 4.74 Å². The Hall–Kier alpha value is -3.28. The van der Waals surface area contributed by atoms with Crippen LogP contribution in [0.4, 0.5) is 0 Å². The number of hydrogen-bond donors (Lipinski definition) is 1. The van der Waals surface area contributed by atoms with E-state index >= 15 is 0 Å². The predicted octanol–water partition coefficient (Wildman–Crippen LogP) is 2.94. The molecule has 0 saturated heterocycles. The first-order valence-electron chi connectivity index (χ1n) is 8.03. The van der Waals surface area contributed by atoms with Gasteiger partial charge in [0.15, 0.2) is 0 Å². The predicted molar refractivity (Wildman–Crippen MR) is 96.2 cm³/mol. The van der Waals surface area contributed by atoms with Gasteiger partial charge in [-0.25, -0.2) is 14.7 Å². The molecule has 4 aromatic rings. The number of nitrogens with one attached hydrogen (secondary N) is 1. The number of aryl methyl sites for hydroxylation is 2. The van der Waals surface area contributed by atoms with Crippen molar-refractivity contribution in [1.29, 1.82) is 0 Å². The maximum atomic E-state index is 12.0. The summed E-state index contributed by atoms with van der Waals surface area (Å²) in [6.07, 6.45) is 1.77. The van der Waals surface area contributed by atoms with E-state index in [1.54, 1.807) is 13.2 Å². The van der Waals surface area contributed by atoms with Crippen LogP contribution in [0.2, 0.25) is 0 Å². The maximum absolute atomic E-state index is 12.0. The van der Waals surface area contributed by atoms with Gasteiger partial charge in [0.1, 0.15) is 12.4 Å². The van der Waals surface area contributed by atoms with Crippen molar-refractivity contribution in [1.82, 2.24) is 19.6 Å². The normalized spacial score (nSPS) is 11.1. The Morgan fingerprint density at radius 1 is 1.16 bits per heavy atom. The molecule has 0 bridgehead atoms. The van der Waals surface area contributed by atoms with Crippen molar-refractivity contribution in [3.63, 3.8) is 0 Å². The van der Waals surface area contributed by atoms with Crippen LogP contribution in [0.15, 0.2) is 59.5 Å². The molecule has 6 nitrogen and oxygen atoms in total. The van der Waals surface area contributed by atoms with E-state index in [0.29, 0.717) is 6.61 Å². The van der Waals surface area contributed by atoms with E-state index in [-0.39, 0.29) is 5.69 Å². The molecule has 0 aliphatic heterocycles. The van der Waals surface area contributed by atoms with E-state index in [0.717, 1.165) is 33.5 Å². The molecule has 0 radical (unpaired) electrons. The Balaban J connectivity index is 1.64. The summed E-state index contributed by atoms with van der Waals surface area (Å²) < 4.78 is 8.95. The van der Waals surface area contributed by atoms with Crippen LogP contribution >= 0.6 is 0 Å². The highest BCUT2D eigenvalue weighted by Gasteiger charge is 2.13. The highest BCUT2D eigenvalue weighted by molar-refractivity contribution is 5.79. The van der Waals surface area contributed by atoms with Gasteiger partial charge >= 0.3 is 5.69 Å². The zero-order valence-corrected chi connectivity index (χ0v) is 14.1. The van der Waals surface area contributed by atoms with Crippen molar-refractivity contribution in [3.8, 4) is 11.4 Å². The summed E-state index contributed by atoms with van der Waals surface area (Å²) >= 11 is 0. The van der Waals surface area contributed by atoms with Gasteiger partial charge in [0.05, 0.1) is 11.2 Å². The number of aromatic nitrogens is 4. The molecule has 1 N–H and O–H groups in total. The lowest BCUT2D eigenvalue weighted by molar-refractivity contribution is 0.304. The van der Waals surface area contributed by atoms with Crippen molar-refractivity contribution in [3.05, 3.63) is 76.3 Å². The van der Waals surface area contributed by atoms with Crippen LogP contribution in [0.1, 0.15) is 11.1 Å². The summed E-state index contributed by atoms with van der Waals surface area (Å²) in [6.45, 7) is 2.39. The second-order valence-corrected chi connectivity index (χ2v) is 6.00. The van der Waals surface area contributed by atoms with Gasteiger partial charge in [-0.2, -0.15) is 4.68 Å². The Morgan fingerprint density at radius 3 is 2.84 bits per heavy atom. The smallest absolute Gasteiger partial charge is 0.364 e. The minimum absolute atomic E-state index is 0.0939. The Bertz CT molecular complexity index is 1100. The zero-order chi connectivity index (χ0) is 17.4. The number of pyridine rings is 1. The quantitative estimate of drug-likeness (QED) is 0.624. The number of ether oxygens (including phenoxy) is 1. The van der Waals surface area contributed by atoms with Gasteiger partial charge in [-0.15, -0.1) is 0 Å². The van der Waals surface area contributed by atoms with Crippen molar-refractivity contribution in [2.75, 3.05) is 0 Å². The van der Waals surface area contributed by atoms with Crippen LogP contribution in [-0.4, -0.2) is 19.6 Å². The molecule has 0 amide bonds. The SMILES string of the molecule is Cc1cccc(-n2[nH]n(C)c2=O)c1COc1ccc2ncccc2c1. The molecule has 0 aliphatic carbocycles. The van der Waals surface area contributed by atoms with Crippen LogP contribution < -0.4 is 10.4 Å². The Morgan fingerprint density at radius 2 is 2.04 bits per heavy atom. The zero-order valence-electron chi connectivity index (χ0n) is 14.1. The summed E-state index contributed by atoms with van der Waals surface area (Å²) in [5.41, 5.74) is 3.70. The lowest BCUT2D eigenvalue weighted by Gasteiger charge is -2.18. The minimum Gasteiger partial charge on any atom is -0.489 e. The molecule has 2 aromatic heterocycles. The Labute approximate surface area is 144 Å². The van der Waals surface area contributed by atoms with Gasteiger partial charge < -0.3 is 4.74 Å². The number of fused-ring (bicyclic) bond motifs is 1. The van der Waals surface area contributed by atoms with E-state index in [2.05, 4.69) is 10.2 Å². The van der Waals surface area contributed by atoms with Crippen molar-refractivity contribution >= 4 is 10.9 Å². The molecule has 0 fully saturated rings. The van der Waals surface area contributed by atoms with Crippen molar-refractivity contribution < 1.29 is 4.74 Å². The van der Waals surface area contributed by atoms with Gasteiger partial charge in [-0.1, -0.05) is 18.2 Å². The highest BCUT2D eigenvalue weighted by atomic mass is 16.5. The van der Waals surface area contributed by atoms with Crippen molar-refractivity contribution in [2.24, 2.45) is 7.05 Å². The molecule has 126 valence electrons. The fourth-order valence-corrected chi connectivity index (χ4v) is 2.88. The Kier molecular flexibility index (Phi) is 3.65. The molecule has 4 rings (SSSR count). The third-order valence-corrected chi connectivity index (χ3v) is 4.31. The summed E-state index contributed by atoms with van der Waals surface area (Å²) in [5, 5.41) is 3.99. The first-order chi connectivity index (χ1) is 12.1. The topological polar surface area (TPSA) is 64.8 Å². The van der Waals surface area contributed by atoms with Crippen LogP contribution in [-0.2, 0) is 13.7 Å². The molecule has 2 aromatic carbocycles. The maximum Gasteiger partial charge on any atom is 0.364 e. The molecular formula is C19H18N4O2. The number of hydrogen-bond acceptors (Lipinski definition) is 3. The third-order valence-electron chi connectivity index (χ3n) is 4.31. The molecule has 25 heavy (non-hydrogen) atoms. The van der Waals surface area contributed by atoms with Gasteiger partial charge in [0.25, 0.3) is 0 Å². The van der Waals surface area contributed by atoms with Gasteiger partial charge in [0.2, 0.25) is 0 Å². The number of nitrogens with zero attached hydrogens (tertiary/aromatic N) is 3. The standard InChI is InChI=1S/C19H18N4O2/c1-13-5-3-7-18(23-19(24)22(2)21-23)16(13)12-25-15-8-9-17-14(11-15)6-4-10-20-17/h3-11,21H,12H2,1-2H3. The van der Waals surface area contributed by atoms with E-state index in [9.17, 15) is 4.79 Å². The number of benzene rings is 2. The molecule has 2 heterocycles. The lowest BCUT2D eigenvalue weighted by Crippen LogP contribution is -2.40.